The fourth-order valence-corrected chi connectivity index (χ4v) is 4.43. The van der Waals surface area contributed by atoms with Crippen LogP contribution in [0.15, 0.2) is 4.90 Å². The SMILES string of the molecule is OC1CN(c2nc3c(c(NC4CCOCC4)n2)[S+](O)CC3)C1. The molecule has 8 heteroatoms. The summed E-state index contributed by atoms with van der Waals surface area (Å²) in [6.45, 7) is 2.70. The Morgan fingerprint density at radius 3 is 2.73 bits per heavy atom. The minimum atomic E-state index is -0.763. The van der Waals surface area contributed by atoms with E-state index in [0.29, 0.717) is 25.1 Å². The second-order valence-electron chi connectivity index (χ2n) is 6.06. The van der Waals surface area contributed by atoms with Crippen LogP contribution in [0.4, 0.5) is 11.8 Å². The first-order valence-corrected chi connectivity index (χ1v) is 9.14. The molecule has 0 aromatic carbocycles. The van der Waals surface area contributed by atoms with Crippen LogP contribution >= 0.6 is 0 Å². The third-order valence-corrected chi connectivity index (χ3v) is 5.89. The fourth-order valence-electron chi connectivity index (χ4n) is 3.09. The number of fused-ring (bicyclic) bond motifs is 1. The van der Waals surface area contributed by atoms with Crippen molar-refractivity contribution >= 4 is 22.9 Å². The van der Waals surface area contributed by atoms with Crippen molar-refractivity contribution in [2.45, 2.75) is 36.3 Å². The van der Waals surface area contributed by atoms with Crippen molar-refractivity contribution in [1.82, 2.24) is 9.97 Å². The molecular formula is C14H21N4O3S+. The van der Waals surface area contributed by atoms with E-state index in [1.807, 2.05) is 4.90 Å². The third-order valence-electron chi connectivity index (χ3n) is 4.40. The number of aliphatic hydroxyl groups is 1. The Kier molecular flexibility index (Phi) is 3.85. The van der Waals surface area contributed by atoms with Crippen molar-refractivity contribution in [2.75, 3.05) is 42.3 Å². The van der Waals surface area contributed by atoms with Gasteiger partial charge in [0, 0.05) is 38.8 Å². The molecule has 4 heterocycles. The van der Waals surface area contributed by atoms with Crippen LogP contribution in [0.3, 0.4) is 0 Å². The standard InChI is InChI=1S/C14H21N4O3S/c19-10-7-18(8-10)14-16-11-3-6-22(20)12(11)13(17-14)15-9-1-4-21-5-2-9/h9-10,19-20H,1-8H2,(H,15,16,17)/q+1. The largest absolute Gasteiger partial charge is 0.389 e. The number of β-amino-alcohol motifs (C(OH)–C–C–N with tert-alkyl or cyclic N) is 1. The van der Waals surface area contributed by atoms with Crippen LogP contribution in [0.2, 0.25) is 0 Å². The zero-order valence-electron chi connectivity index (χ0n) is 12.4. The summed E-state index contributed by atoms with van der Waals surface area (Å²) in [6.07, 6.45) is 2.42. The number of aliphatic hydroxyl groups excluding tert-OH is 1. The van der Waals surface area contributed by atoms with Gasteiger partial charge < -0.3 is 20.1 Å². The second kappa shape index (κ2) is 5.84. The van der Waals surface area contributed by atoms with Gasteiger partial charge in [0.15, 0.2) is 22.7 Å². The molecule has 2 fully saturated rings. The molecule has 7 nitrogen and oxygen atoms in total. The highest BCUT2D eigenvalue weighted by atomic mass is 32.2. The molecule has 0 bridgehead atoms. The lowest BCUT2D eigenvalue weighted by Crippen LogP contribution is -2.51. The number of nitrogens with zero attached hydrogens (tertiary/aromatic N) is 3. The normalized spacial score (nSPS) is 25.9. The molecule has 0 saturated carbocycles. The highest BCUT2D eigenvalue weighted by Crippen LogP contribution is 2.34. The van der Waals surface area contributed by atoms with E-state index in [2.05, 4.69) is 15.3 Å². The first-order chi connectivity index (χ1) is 10.7. The summed E-state index contributed by atoms with van der Waals surface area (Å²) in [6, 6.07) is 0.334. The zero-order valence-corrected chi connectivity index (χ0v) is 13.2. The van der Waals surface area contributed by atoms with Crippen LogP contribution in [0.1, 0.15) is 18.5 Å². The molecule has 4 rings (SSSR count). The predicted molar refractivity (Wildman–Crippen MR) is 84.5 cm³/mol. The number of aryl methyl sites for hydroxylation is 1. The van der Waals surface area contributed by atoms with Crippen molar-refractivity contribution in [2.24, 2.45) is 0 Å². The molecule has 0 radical (unpaired) electrons. The van der Waals surface area contributed by atoms with Crippen molar-refractivity contribution < 1.29 is 14.4 Å². The van der Waals surface area contributed by atoms with E-state index in [0.717, 1.165) is 54.6 Å². The molecule has 0 amide bonds. The maximum atomic E-state index is 10.3. The van der Waals surface area contributed by atoms with Gasteiger partial charge in [-0.15, -0.1) is 0 Å². The summed E-state index contributed by atoms with van der Waals surface area (Å²) >= 11 is -0.763. The highest BCUT2D eigenvalue weighted by Gasteiger charge is 2.39. The van der Waals surface area contributed by atoms with Crippen molar-refractivity contribution in [3.8, 4) is 0 Å². The molecule has 0 spiro atoms. The van der Waals surface area contributed by atoms with Gasteiger partial charge in [0.05, 0.1) is 6.10 Å². The fraction of sp³-hybridized carbons (Fsp3) is 0.714. The molecule has 1 unspecified atom stereocenters. The van der Waals surface area contributed by atoms with Crippen LogP contribution < -0.4 is 10.2 Å². The van der Waals surface area contributed by atoms with E-state index in [9.17, 15) is 9.66 Å². The monoisotopic (exact) mass is 325 g/mol. The molecule has 1 atom stereocenters. The van der Waals surface area contributed by atoms with Gasteiger partial charge in [-0.3, -0.25) is 0 Å². The minimum absolute atomic E-state index is 0.281. The number of hydrogen-bond donors (Lipinski definition) is 3. The Balaban J connectivity index is 1.62. The molecule has 22 heavy (non-hydrogen) atoms. The number of rotatable bonds is 3. The van der Waals surface area contributed by atoms with Gasteiger partial charge in [0.1, 0.15) is 5.69 Å². The van der Waals surface area contributed by atoms with Crippen LogP contribution in [-0.4, -0.2) is 63.8 Å². The lowest BCUT2D eigenvalue weighted by atomic mass is 10.1. The molecule has 2 saturated heterocycles. The van der Waals surface area contributed by atoms with Gasteiger partial charge in [-0.05, 0) is 12.8 Å². The molecule has 0 aliphatic carbocycles. The summed E-state index contributed by atoms with van der Waals surface area (Å²) in [5.74, 6) is 2.17. The summed E-state index contributed by atoms with van der Waals surface area (Å²) in [7, 11) is 0. The highest BCUT2D eigenvalue weighted by molar-refractivity contribution is 7.92. The van der Waals surface area contributed by atoms with Crippen molar-refractivity contribution in [3.63, 3.8) is 0 Å². The van der Waals surface area contributed by atoms with Gasteiger partial charge in [-0.2, -0.15) is 9.54 Å². The Hall–Kier alpha value is -1.09. The Morgan fingerprint density at radius 2 is 2.00 bits per heavy atom. The van der Waals surface area contributed by atoms with Crippen molar-refractivity contribution in [1.29, 1.82) is 0 Å². The number of nitrogens with one attached hydrogen (secondary N) is 1. The molecule has 1 aromatic heterocycles. The summed E-state index contributed by atoms with van der Waals surface area (Å²) < 4.78 is 15.7. The number of anilines is 2. The molecular weight excluding hydrogens is 304 g/mol. The molecule has 3 N–H and O–H groups in total. The van der Waals surface area contributed by atoms with E-state index in [1.54, 1.807) is 0 Å². The average Bonchev–Trinajstić information content (AvgIpc) is 2.87. The molecule has 3 aliphatic heterocycles. The number of hydrogen-bond acceptors (Lipinski definition) is 7. The van der Waals surface area contributed by atoms with E-state index in [1.165, 1.54) is 0 Å². The lowest BCUT2D eigenvalue weighted by Gasteiger charge is -2.36. The third kappa shape index (κ3) is 2.64. The summed E-state index contributed by atoms with van der Waals surface area (Å²) in [5, 5.41) is 13.0. The maximum absolute atomic E-state index is 10.3. The van der Waals surface area contributed by atoms with E-state index >= 15 is 0 Å². The van der Waals surface area contributed by atoms with E-state index < -0.39 is 11.2 Å². The Labute approximate surface area is 132 Å². The first kappa shape index (κ1) is 14.5. The predicted octanol–water partition coefficient (Wildman–Crippen LogP) is 0.255. The van der Waals surface area contributed by atoms with Gasteiger partial charge in [0.2, 0.25) is 5.95 Å². The van der Waals surface area contributed by atoms with Gasteiger partial charge in [-0.1, -0.05) is 0 Å². The summed E-state index contributed by atoms with van der Waals surface area (Å²) in [5.41, 5.74) is 0.951. The summed E-state index contributed by atoms with van der Waals surface area (Å²) in [4.78, 5) is 12.1. The lowest BCUT2D eigenvalue weighted by molar-refractivity contribution is 0.0903. The van der Waals surface area contributed by atoms with E-state index in [-0.39, 0.29) is 6.10 Å². The topological polar surface area (TPSA) is 90.7 Å². The van der Waals surface area contributed by atoms with Crippen LogP contribution in [0, 0.1) is 0 Å². The molecule has 120 valence electrons. The number of ether oxygens (including phenoxy) is 1. The maximum Gasteiger partial charge on any atom is 0.253 e. The van der Waals surface area contributed by atoms with Crippen molar-refractivity contribution in [3.05, 3.63) is 5.69 Å². The van der Waals surface area contributed by atoms with Gasteiger partial charge in [-0.25, -0.2) is 4.98 Å². The van der Waals surface area contributed by atoms with Gasteiger partial charge >= 0.3 is 0 Å². The second-order valence-corrected chi connectivity index (χ2v) is 7.60. The van der Waals surface area contributed by atoms with Gasteiger partial charge in [0.25, 0.3) is 4.90 Å². The van der Waals surface area contributed by atoms with Crippen LogP contribution in [-0.2, 0) is 22.3 Å². The quantitative estimate of drug-likeness (QED) is 0.687. The minimum Gasteiger partial charge on any atom is -0.389 e. The van der Waals surface area contributed by atoms with E-state index in [4.69, 9.17) is 4.74 Å². The number of aromatic nitrogens is 2. The van der Waals surface area contributed by atoms with Crippen LogP contribution in [0.5, 0.6) is 0 Å². The van der Waals surface area contributed by atoms with Crippen LogP contribution in [0.25, 0.3) is 0 Å². The Bertz CT molecular complexity index is 561. The first-order valence-electron chi connectivity index (χ1n) is 7.79. The zero-order chi connectivity index (χ0) is 15.1. The average molecular weight is 325 g/mol. The smallest absolute Gasteiger partial charge is 0.253 e. The Morgan fingerprint density at radius 1 is 1.23 bits per heavy atom. The molecule has 3 aliphatic rings. The molecule has 1 aromatic rings.